The van der Waals surface area contributed by atoms with Crippen LogP contribution in [-0.2, 0) is 0 Å². The van der Waals surface area contributed by atoms with Gasteiger partial charge in [0.2, 0.25) is 0 Å². The zero-order chi connectivity index (χ0) is 13.8. The molecule has 0 amide bonds. The van der Waals surface area contributed by atoms with E-state index in [9.17, 15) is 0 Å². The first-order valence-electron chi connectivity index (χ1n) is 7.22. The SMILES string of the molecule is CCNC(c1cccc2cccnc12)C(C)C(C)C. The molecular formula is C17H24N2. The largest absolute Gasteiger partial charge is 0.310 e. The summed E-state index contributed by atoms with van der Waals surface area (Å²) in [7, 11) is 0. The molecule has 0 spiro atoms. The molecule has 2 unspecified atom stereocenters. The standard InChI is InChI=1S/C17H24N2/c1-5-18-16(13(4)12(2)3)15-10-6-8-14-9-7-11-19-17(14)15/h6-13,16,18H,5H2,1-4H3. The summed E-state index contributed by atoms with van der Waals surface area (Å²) < 4.78 is 0. The van der Waals surface area contributed by atoms with Crippen molar-refractivity contribution in [3.8, 4) is 0 Å². The van der Waals surface area contributed by atoms with E-state index in [2.05, 4.69) is 62.3 Å². The fourth-order valence-electron chi connectivity index (χ4n) is 2.56. The maximum absolute atomic E-state index is 4.59. The van der Waals surface area contributed by atoms with Crippen LogP contribution in [0.3, 0.4) is 0 Å². The van der Waals surface area contributed by atoms with Crippen LogP contribution < -0.4 is 5.32 Å². The molecule has 2 heteroatoms. The Labute approximate surface area is 116 Å². The highest BCUT2D eigenvalue weighted by molar-refractivity contribution is 5.82. The second-order valence-corrected chi connectivity index (χ2v) is 5.56. The Kier molecular flexibility index (Phi) is 4.54. The Bertz CT molecular complexity index is 528. The van der Waals surface area contributed by atoms with Gasteiger partial charge in [-0.2, -0.15) is 0 Å². The van der Waals surface area contributed by atoms with Crippen LogP contribution in [0.15, 0.2) is 36.5 Å². The Morgan fingerprint density at radius 1 is 1.11 bits per heavy atom. The minimum Gasteiger partial charge on any atom is -0.310 e. The van der Waals surface area contributed by atoms with E-state index in [1.165, 1.54) is 10.9 Å². The van der Waals surface area contributed by atoms with E-state index >= 15 is 0 Å². The Morgan fingerprint density at radius 2 is 1.84 bits per heavy atom. The first kappa shape index (κ1) is 14.0. The number of hydrogen-bond donors (Lipinski definition) is 1. The molecule has 0 radical (unpaired) electrons. The third-order valence-electron chi connectivity index (χ3n) is 4.00. The topological polar surface area (TPSA) is 24.9 Å². The van der Waals surface area contributed by atoms with Gasteiger partial charge >= 0.3 is 0 Å². The van der Waals surface area contributed by atoms with Crippen molar-refractivity contribution in [1.29, 1.82) is 0 Å². The molecule has 0 fully saturated rings. The van der Waals surface area contributed by atoms with Gasteiger partial charge in [-0.3, -0.25) is 4.98 Å². The Morgan fingerprint density at radius 3 is 2.53 bits per heavy atom. The molecule has 0 bridgehead atoms. The fourth-order valence-corrected chi connectivity index (χ4v) is 2.56. The zero-order valence-electron chi connectivity index (χ0n) is 12.4. The first-order valence-corrected chi connectivity index (χ1v) is 7.22. The molecule has 1 aromatic heterocycles. The molecule has 0 aliphatic rings. The lowest BCUT2D eigenvalue weighted by molar-refractivity contribution is 0.308. The van der Waals surface area contributed by atoms with Gasteiger partial charge in [0.25, 0.3) is 0 Å². The predicted molar refractivity (Wildman–Crippen MR) is 82.2 cm³/mol. The Balaban J connectivity index is 2.49. The van der Waals surface area contributed by atoms with Gasteiger partial charge < -0.3 is 5.32 Å². The van der Waals surface area contributed by atoms with Crippen molar-refractivity contribution in [2.24, 2.45) is 11.8 Å². The monoisotopic (exact) mass is 256 g/mol. The summed E-state index contributed by atoms with van der Waals surface area (Å²) >= 11 is 0. The normalized spacial score (nSPS) is 14.8. The third kappa shape index (κ3) is 2.95. The first-order chi connectivity index (χ1) is 9.15. The van der Waals surface area contributed by atoms with Crippen molar-refractivity contribution in [3.63, 3.8) is 0 Å². The van der Waals surface area contributed by atoms with Crippen molar-refractivity contribution in [2.45, 2.75) is 33.7 Å². The molecule has 2 atom stereocenters. The molecule has 0 saturated carbocycles. The molecule has 2 aromatic rings. The zero-order valence-corrected chi connectivity index (χ0v) is 12.4. The summed E-state index contributed by atoms with van der Waals surface area (Å²) in [6.45, 7) is 10.0. The van der Waals surface area contributed by atoms with Gasteiger partial charge in [-0.25, -0.2) is 0 Å². The fraction of sp³-hybridized carbons (Fsp3) is 0.471. The van der Waals surface area contributed by atoms with E-state index < -0.39 is 0 Å². The number of aromatic nitrogens is 1. The number of rotatable bonds is 5. The average Bonchev–Trinajstić information content (AvgIpc) is 2.43. The summed E-state index contributed by atoms with van der Waals surface area (Å²) in [6.07, 6.45) is 1.88. The van der Waals surface area contributed by atoms with E-state index in [1.807, 2.05) is 12.3 Å². The smallest absolute Gasteiger partial charge is 0.0749 e. The van der Waals surface area contributed by atoms with Crippen LogP contribution in [-0.4, -0.2) is 11.5 Å². The van der Waals surface area contributed by atoms with Crippen LogP contribution in [0.1, 0.15) is 39.3 Å². The second-order valence-electron chi connectivity index (χ2n) is 5.56. The highest BCUT2D eigenvalue weighted by Gasteiger charge is 2.23. The van der Waals surface area contributed by atoms with Gasteiger partial charge in [-0.1, -0.05) is 52.0 Å². The van der Waals surface area contributed by atoms with Crippen molar-refractivity contribution in [3.05, 3.63) is 42.1 Å². The highest BCUT2D eigenvalue weighted by Crippen LogP contribution is 2.31. The minimum atomic E-state index is 0.364. The number of fused-ring (bicyclic) bond motifs is 1. The minimum absolute atomic E-state index is 0.364. The molecule has 1 N–H and O–H groups in total. The molecule has 0 aliphatic heterocycles. The molecule has 0 saturated heterocycles. The lowest BCUT2D eigenvalue weighted by Gasteiger charge is -2.28. The lowest BCUT2D eigenvalue weighted by Crippen LogP contribution is -2.29. The number of hydrogen-bond acceptors (Lipinski definition) is 2. The van der Waals surface area contributed by atoms with Gasteiger partial charge in [0, 0.05) is 17.6 Å². The number of nitrogens with zero attached hydrogens (tertiary/aromatic N) is 1. The van der Waals surface area contributed by atoms with E-state index in [0.29, 0.717) is 17.9 Å². The third-order valence-corrected chi connectivity index (χ3v) is 4.00. The number of para-hydroxylation sites is 1. The molecule has 19 heavy (non-hydrogen) atoms. The van der Waals surface area contributed by atoms with Gasteiger partial charge in [-0.05, 0) is 30.0 Å². The Hall–Kier alpha value is -1.41. The van der Waals surface area contributed by atoms with Crippen LogP contribution >= 0.6 is 0 Å². The summed E-state index contributed by atoms with van der Waals surface area (Å²) in [5.74, 6) is 1.22. The lowest BCUT2D eigenvalue weighted by atomic mass is 9.85. The van der Waals surface area contributed by atoms with E-state index in [0.717, 1.165) is 12.1 Å². The van der Waals surface area contributed by atoms with Crippen LogP contribution in [0.5, 0.6) is 0 Å². The van der Waals surface area contributed by atoms with Crippen LogP contribution in [0, 0.1) is 11.8 Å². The summed E-state index contributed by atoms with van der Waals surface area (Å²) in [5, 5.41) is 4.85. The number of benzene rings is 1. The van der Waals surface area contributed by atoms with Crippen molar-refractivity contribution >= 4 is 10.9 Å². The van der Waals surface area contributed by atoms with Crippen LogP contribution in [0.2, 0.25) is 0 Å². The maximum Gasteiger partial charge on any atom is 0.0749 e. The number of nitrogens with one attached hydrogen (secondary N) is 1. The van der Waals surface area contributed by atoms with Gasteiger partial charge in [0.1, 0.15) is 0 Å². The van der Waals surface area contributed by atoms with E-state index in [1.54, 1.807) is 0 Å². The van der Waals surface area contributed by atoms with Gasteiger partial charge in [0.15, 0.2) is 0 Å². The van der Waals surface area contributed by atoms with E-state index in [-0.39, 0.29) is 0 Å². The molecule has 102 valence electrons. The maximum atomic E-state index is 4.59. The van der Waals surface area contributed by atoms with Crippen molar-refractivity contribution in [2.75, 3.05) is 6.54 Å². The van der Waals surface area contributed by atoms with Crippen LogP contribution in [0.4, 0.5) is 0 Å². The second kappa shape index (κ2) is 6.16. The molecular weight excluding hydrogens is 232 g/mol. The van der Waals surface area contributed by atoms with Crippen LogP contribution in [0.25, 0.3) is 10.9 Å². The summed E-state index contributed by atoms with van der Waals surface area (Å²) in [6, 6.07) is 11.0. The highest BCUT2D eigenvalue weighted by atomic mass is 14.9. The van der Waals surface area contributed by atoms with Crippen molar-refractivity contribution in [1.82, 2.24) is 10.3 Å². The molecule has 2 rings (SSSR count). The summed E-state index contributed by atoms with van der Waals surface area (Å²) in [4.78, 5) is 4.59. The summed E-state index contributed by atoms with van der Waals surface area (Å²) in [5.41, 5.74) is 2.45. The van der Waals surface area contributed by atoms with Gasteiger partial charge in [-0.15, -0.1) is 0 Å². The van der Waals surface area contributed by atoms with Crippen molar-refractivity contribution < 1.29 is 0 Å². The number of pyridine rings is 1. The molecule has 2 nitrogen and oxygen atoms in total. The molecule has 0 aliphatic carbocycles. The average molecular weight is 256 g/mol. The van der Waals surface area contributed by atoms with E-state index in [4.69, 9.17) is 0 Å². The predicted octanol–water partition coefficient (Wildman–Crippen LogP) is 4.18. The van der Waals surface area contributed by atoms with Gasteiger partial charge in [0.05, 0.1) is 5.52 Å². The molecule has 1 heterocycles. The molecule has 1 aromatic carbocycles. The quantitative estimate of drug-likeness (QED) is 0.868.